The summed E-state index contributed by atoms with van der Waals surface area (Å²) in [5, 5.41) is 2.90. The molecule has 3 aromatic rings. The van der Waals surface area contributed by atoms with Crippen LogP contribution in [0.2, 0.25) is 0 Å². The van der Waals surface area contributed by atoms with Gasteiger partial charge in [-0.15, -0.1) is 11.8 Å². The third-order valence-electron chi connectivity index (χ3n) is 5.33. The highest BCUT2D eigenvalue weighted by Crippen LogP contribution is 2.26. The quantitative estimate of drug-likeness (QED) is 0.455. The van der Waals surface area contributed by atoms with Gasteiger partial charge in [0.2, 0.25) is 5.91 Å². The van der Waals surface area contributed by atoms with Crippen LogP contribution in [-0.4, -0.2) is 35.6 Å². The van der Waals surface area contributed by atoms with E-state index in [0.717, 1.165) is 36.4 Å². The first kappa shape index (κ1) is 22.9. The molecule has 1 heterocycles. The summed E-state index contributed by atoms with van der Waals surface area (Å²) in [6, 6.07) is 20.6. The lowest BCUT2D eigenvalue weighted by atomic mass is 10.2. The van der Waals surface area contributed by atoms with Crippen LogP contribution in [0, 0.1) is 5.82 Å². The standard InChI is InChI=1S/C26H25FN2O3S/c27-20-8-5-7-19(15-20)17-32-22-10-6-9-21(16-22)28-26(31)23-11-1-2-12-24(23)33-18-25(30)29-13-3-4-14-29/h1-2,5-12,15-16H,3-4,13-14,17-18H2,(H,28,31). The van der Waals surface area contributed by atoms with Gasteiger partial charge in [-0.05, 0) is 54.8 Å². The van der Waals surface area contributed by atoms with E-state index in [1.54, 1.807) is 48.5 Å². The first-order valence-electron chi connectivity index (χ1n) is 10.9. The van der Waals surface area contributed by atoms with Crippen molar-refractivity contribution in [2.75, 3.05) is 24.2 Å². The lowest BCUT2D eigenvalue weighted by molar-refractivity contribution is -0.127. The molecule has 0 bridgehead atoms. The summed E-state index contributed by atoms with van der Waals surface area (Å²) < 4.78 is 19.1. The zero-order valence-electron chi connectivity index (χ0n) is 18.1. The van der Waals surface area contributed by atoms with Gasteiger partial charge in [0.05, 0.1) is 11.3 Å². The zero-order valence-corrected chi connectivity index (χ0v) is 18.9. The zero-order chi connectivity index (χ0) is 23.0. The van der Waals surface area contributed by atoms with Crippen LogP contribution in [0.15, 0.2) is 77.7 Å². The van der Waals surface area contributed by atoms with E-state index in [1.807, 2.05) is 17.0 Å². The van der Waals surface area contributed by atoms with E-state index in [2.05, 4.69) is 5.32 Å². The molecule has 33 heavy (non-hydrogen) atoms. The number of hydrogen-bond donors (Lipinski definition) is 1. The van der Waals surface area contributed by atoms with Gasteiger partial charge in [-0.3, -0.25) is 9.59 Å². The van der Waals surface area contributed by atoms with Crippen molar-refractivity contribution < 1.29 is 18.7 Å². The summed E-state index contributed by atoms with van der Waals surface area (Å²) in [4.78, 5) is 28.0. The molecule has 7 heteroatoms. The van der Waals surface area contributed by atoms with Gasteiger partial charge < -0.3 is 15.0 Å². The number of halogens is 1. The van der Waals surface area contributed by atoms with Gasteiger partial charge in [-0.25, -0.2) is 4.39 Å². The Balaban J connectivity index is 1.38. The van der Waals surface area contributed by atoms with Crippen molar-refractivity contribution in [3.05, 3.63) is 89.7 Å². The SMILES string of the molecule is O=C(Nc1cccc(OCc2cccc(F)c2)c1)c1ccccc1SCC(=O)N1CCCC1. The molecule has 1 aliphatic rings. The number of nitrogens with zero attached hydrogens (tertiary/aromatic N) is 1. The molecular formula is C26H25FN2O3S. The second kappa shape index (κ2) is 11.0. The Bertz CT molecular complexity index is 1130. The maximum atomic E-state index is 13.3. The third kappa shape index (κ3) is 6.35. The molecule has 170 valence electrons. The minimum Gasteiger partial charge on any atom is -0.489 e. The summed E-state index contributed by atoms with van der Waals surface area (Å²) >= 11 is 1.38. The Kier molecular flexibility index (Phi) is 7.62. The molecule has 0 radical (unpaired) electrons. The molecule has 0 unspecified atom stereocenters. The first-order chi connectivity index (χ1) is 16.1. The van der Waals surface area contributed by atoms with Crippen molar-refractivity contribution in [2.45, 2.75) is 24.3 Å². The first-order valence-corrected chi connectivity index (χ1v) is 11.9. The van der Waals surface area contributed by atoms with Gasteiger partial charge in [0.1, 0.15) is 18.2 Å². The van der Waals surface area contributed by atoms with E-state index in [-0.39, 0.29) is 24.2 Å². The minimum atomic E-state index is -0.309. The van der Waals surface area contributed by atoms with Gasteiger partial charge in [-0.1, -0.05) is 30.3 Å². The van der Waals surface area contributed by atoms with Gasteiger partial charge in [0.15, 0.2) is 0 Å². The maximum absolute atomic E-state index is 13.3. The number of amides is 2. The van der Waals surface area contributed by atoms with Gasteiger partial charge in [0, 0.05) is 29.7 Å². The Morgan fingerprint density at radius 3 is 2.58 bits per heavy atom. The fourth-order valence-electron chi connectivity index (χ4n) is 3.63. The Labute approximate surface area is 196 Å². The van der Waals surface area contributed by atoms with Gasteiger partial charge in [0.25, 0.3) is 5.91 Å². The highest BCUT2D eigenvalue weighted by atomic mass is 32.2. The van der Waals surface area contributed by atoms with Crippen molar-refractivity contribution in [1.29, 1.82) is 0 Å². The molecule has 0 atom stereocenters. The highest BCUT2D eigenvalue weighted by molar-refractivity contribution is 8.00. The topological polar surface area (TPSA) is 58.6 Å². The molecule has 0 saturated carbocycles. The van der Waals surface area contributed by atoms with Crippen LogP contribution in [0.4, 0.5) is 10.1 Å². The molecule has 2 amide bonds. The van der Waals surface area contributed by atoms with Crippen molar-refractivity contribution in [1.82, 2.24) is 4.90 Å². The Hall–Kier alpha value is -3.32. The van der Waals surface area contributed by atoms with Crippen LogP contribution < -0.4 is 10.1 Å². The normalized spacial score (nSPS) is 13.1. The van der Waals surface area contributed by atoms with E-state index in [9.17, 15) is 14.0 Å². The molecule has 1 aliphatic heterocycles. The van der Waals surface area contributed by atoms with E-state index < -0.39 is 0 Å². The van der Waals surface area contributed by atoms with Crippen LogP contribution >= 0.6 is 11.8 Å². The second-order valence-electron chi connectivity index (χ2n) is 7.77. The Morgan fingerprint density at radius 1 is 0.970 bits per heavy atom. The number of likely N-dealkylation sites (tertiary alicyclic amines) is 1. The number of carbonyl (C=O) groups excluding carboxylic acids is 2. The summed E-state index contributed by atoms with van der Waals surface area (Å²) in [5.41, 5.74) is 1.83. The number of anilines is 1. The third-order valence-corrected chi connectivity index (χ3v) is 6.39. The largest absolute Gasteiger partial charge is 0.489 e. The number of ether oxygens (including phenoxy) is 1. The fraction of sp³-hybridized carbons (Fsp3) is 0.231. The molecule has 1 saturated heterocycles. The van der Waals surface area contributed by atoms with Crippen molar-refractivity contribution in [3.63, 3.8) is 0 Å². The number of rotatable bonds is 8. The molecule has 0 aromatic heterocycles. The molecule has 3 aromatic carbocycles. The summed E-state index contributed by atoms with van der Waals surface area (Å²) in [6.45, 7) is 1.86. The lowest BCUT2D eigenvalue weighted by Gasteiger charge is -2.15. The van der Waals surface area contributed by atoms with Crippen molar-refractivity contribution in [2.24, 2.45) is 0 Å². The number of hydrogen-bond acceptors (Lipinski definition) is 4. The predicted octanol–water partition coefficient (Wildman–Crippen LogP) is 5.37. The highest BCUT2D eigenvalue weighted by Gasteiger charge is 2.19. The fourth-order valence-corrected chi connectivity index (χ4v) is 4.59. The average molecular weight is 465 g/mol. The van der Waals surface area contributed by atoms with Crippen molar-refractivity contribution >= 4 is 29.3 Å². The molecule has 0 aliphatic carbocycles. The number of thioether (sulfide) groups is 1. The summed E-state index contributed by atoms with van der Waals surface area (Å²) in [6.07, 6.45) is 2.11. The van der Waals surface area contributed by atoms with Crippen LogP contribution in [0.5, 0.6) is 5.75 Å². The second-order valence-corrected chi connectivity index (χ2v) is 8.79. The van der Waals surface area contributed by atoms with Crippen LogP contribution in [-0.2, 0) is 11.4 Å². The minimum absolute atomic E-state index is 0.107. The average Bonchev–Trinajstić information content (AvgIpc) is 3.37. The molecule has 5 nitrogen and oxygen atoms in total. The van der Waals surface area contributed by atoms with Gasteiger partial charge >= 0.3 is 0 Å². The van der Waals surface area contributed by atoms with Crippen molar-refractivity contribution in [3.8, 4) is 5.75 Å². The monoisotopic (exact) mass is 464 g/mol. The smallest absolute Gasteiger partial charge is 0.256 e. The predicted molar refractivity (Wildman–Crippen MR) is 128 cm³/mol. The number of carbonyl (C=O) groups is 2. The van der Waals surface area contributed by atoms with E-state index >= 15 is 0 Å². The number of nitrogens with one attached hydrogen (secondary N) is 1. The molecule has 1 N–H and O–H groups in total. The summed E-state index contributed by atoms with van der Waals surface area (Å²) in [7, 11) is 0. The van der Waals surface area contributed by atoms with Crippen LogP contribution in [0.1, 0.15) is 28.8 Å². The van der Waals surface area contributed by atoms with E-state index in [4.69, 9.17) is 4.74 Å². The van der Waals surface area contributed by atoms with Crippen LogP contribution in [0.3, 0.4) is 0 Å². The lowest BCUT2D eigenvalue weighted by Crippen LogP contribution is -2.29. The van der Waals surface area contributed by atoms with Gasteiger partial charge in [-0.2, -0.15) is 0 Å². The molecule has 1 fully saturated rings. The Morgan fingerprint density at radius 2 is 1.76 bits per heavy atom. The molecular weight excluding hydrogens is 439 g/mol. The van der Waals surface area contributed by atoms with E-state index in [0.29, 0.717) is 22.8 Å². The molecule has 0 spiro atoms. The summed E-state index contributed by atoms with van der Waals surface area (Å²) in [5.74, 6) is 0.421. The van der Waals surface area contributed by atoms with Crippen LogP contribution in [0.25, 0.3) is 0 Å². The maximum Gasteiger partial charge on any atom is 0.256 e. The van der Waals surface area contributed by atoms with E-state index in [1.165, 1.54) is 23.9 Å². The molecule has 4 rings (SSSR count). The number of benzene rings is 3.